The molecule has 0 spiro atoms. The number of carbonyl (C=O) groups is 1. The van der Waals surface area contributed by atoms with E-state index in [2.05, 4.69) is 0 Å². The molecule has 2 heterocycles. The molecule has 3 rings (SSSR count). The number of amides is 1. The molecule has 0 aliphatic carbocycles. The van der Waals surface area contributed by atoms with E-state index in [0.717, 1.165) is 31.0 Å². The van der Waals surface area contributed by atoms with Crippen molar-refractivity contribution in [2.45, 2.75) is 13.0 Å². The van der Waals surface area contributed by atoms with Gasteiger partial charge in [-0.25, -0.2) is 0 Å². The number of ether oxygens (including phenoxy) is 2. The Labute approximate surface area is 99.1 Å². The Morgan fingerprint density at radius 2 is 2.00 bits per heavy atom. The Morgan fingerprint density at radius 1 is 1.29 bits per heavy atom. The zero-order valence-electron chi connectivity index (χ0n) is 9.44. The van der Waals surface area contributed by atoms with Crippen molar-refractivity contribution in [3.05, 3.63) is 23.3 Å². The highest BCUT2D eigenvalue weighted by Gasteiger charge is 2.22. The van der Waals surface area contributed by atoms with Gasteiger partial charge in [-0.15, -0.1) is 0 Å². The fourth-order valence-corrected chi connectivity index (χ4v) is 2.36. The van der Waals surface area contributed by atoms with Gasteiger partial charge < -0.3 is 15.2 Å². The van der Waals surface area contributed by atoms with Crippen molar-refractivity contribution in [1.29, 1.82) is 0 Å². The molecule has 1 aromatic carbocycles. The summed E-state index contributed by atoms with van der Waals surface area (Å²) < 4.78 is 10.7. The minimum Gasteiger partial charge on any atom is -0.454 e. The first-order valence-corrected chi connectivity index (χ1v) is 5.64. The molecule has 0 atom stereocenters. The normalized spacial score (nSPS) is 17.9. The molecular formula is C12H14N2O3. The number of benzene rings is 1. The molecule has 0 saturated carbocycles. The first-order chi connectivity index (χ1) is 8.22. The van der Waals surface area contributed by atoms with Crippen LogP contribution in [-0.2, 0) is 17.8 Å². The number of rotatable bonds is 2. The smallest absolute Gasteiger partial charge is 0.231 e. The number of carbonyl (C=O) groups excluding carboxylic acids is 1. The van der Waals surface area contributed by atoms with Crippen LogP contribution >= 0.6 is 0 Å². The maximum absolute atomic E-state index is 10.9. The van der Waals surface area contributed by atoms with E-state index < -0.39 is 0 Å². The number of hydrogen-bond donors (Lipinski definition) is 1. The van der Waals surface area contributed by atoms with Gasteiger partial charge in [0.05, 0.1) is 6.54 Å². The van der Waals surface area contributed by atoms with Gasteiger partial charge in [-0.05, 0) is 29.7 Å². The quantitative estimate of drug-likeness (QED) is 0.797. The maximum atomic E-state index is 10.9. The summed E-state index contributed by atoms with van der Waals surface area (Å²) in [7, 11) is 0. The largest absolute Gasteiger partial charge is 0.454 e. The van der Waals surface area contributed by atoms with Gasteiger partial charge >= 0.3 is 0 Å². The van der Waals surface area contributed by atoms with Gasteiger partial charge in [0.1, 0.15) is 0 Å². The fourth-order valence-electron chi connectivity index (χ4n) is 2.36. The van der Waals surface area contributed by atoms with Crippen molar-refractivity contribution in [2.24, 2.45) is 5.73 Å². The van der Waals surface area contributed by atoms with Crippen LogP contribution in [0.25, 0.3) is 0 Å². The van der Waals surface area contributed by atoms with E-state index in [4.69, 9.17) is 15.2 Å². The lowest BCUT2D eigenvalue weighted by Gasteiger charge is -2.27. The average molecular weight is 234 g/mol. The molecule has 0 unspecified atom stereocenters. The molecule has 17 heavy (non-hydrogen) atoms. The van der Waals surface area contributed by atoms with E-state index in [9.17, 15) is 4.79 Å². The fraction of sp³-hybridized carbons (Fsp3) is 0.417. The number of fused-ring (bicyclic) bond motifs is 2. The molecule has 5 heteroatoms. The van der Waals surface area contributed by atoms with E-state index in [0.29, 0.717) is 13.3 Å². The van der Waals surface area contributed by atoms with Gasteiger partial charge in [-0.2, -0.15) is 0 Å². The number of hydrogen-bond acceptors (Lipinski definition) is 4. The lowest BCUT2D eigenvalue weighted by atomic mass is 9.99. The average Bonchev–Trinajstić information content (AvgIpc) is 2.72. The van der Waals surface area contributed by atoms with Crippen molar-refractivity contribution in [3.8, 4) is 11.5 Å². The Balaban J connectivity index is 1.84. The van der Waals surface area contributed by atoms with Crippen LogP contribution in [0, 0.1) is 0 Å². The molecule has 0 radical (unpaired) electrons. The zero-order valence-corrected chi connectivity index (χ0v) is 9.44. The minimum atomic E-state index is -0.283. The second-order valence-corrected chi connectivity index (χ2v) is 4.40. The van der Waals surface area contributed by atoms with Crippen LogP contribution in [0.2, 0.25) is 0 Å². The van der Waals surface area contributed by atoms with Crippen LogP contribution in [0.5, 0.6) is 11.5 Å². The number of nitrogens with two attached hydrogens (primary N) is 1. The summed E-state index contributed by atoms with van der Waals surface area (Å²) in [6, 6.07) is 4.05. The van der Waals surface area contributed by atoms with E-state index in [1.165, 1.54) is 11.1 Å². The molecule has 5 nitrogen and oxygen atoms in total. The summed E-state index contributed by atoms with van der Waals surface area (Å²) in [6.07, 6.45) is 0.916. The van der Waals surface area contributed by atoms with Crippen LogP contribution in [0.4, 0.5) is 0 Å². The van der Waals surface area contributed by atoms with Crippen molar-refractivity contribution < 1.29 is 14.3 Å². The van der Waals surface area contributed by atoms with Crippen molar-refractivity contribution in [3.63, 3.8) is 0 Å². The summed E-state index contributed by atoms with van der Waals surface area (Å²) in [4.78, 5) is 13.0. The first-order valence-electron chi connectivity index (χ1n) is 5.64. The third kappa shape index (κ3) is 1.93. The molecule has 0 bridgehead atoms. The Morgan fingerprint density at radius 3 is 2.71 bits per heavy atom. The standard InChI is InChI=1S/C12H14N2O3/c13-12(15)6-14-2-1-8-3-10-11(17-7-16-10)4-9(8)5-14/h3-4H,1-2,5-7H2,(H2,13,15). The van der Waals surface area contributed by atoms with E-state index >= 15 is 0 Å². The summed E-state index contributed by atoms with van der Waals surface area (Å²) in [5, 5.41) is 0. The Bertz CT molecular complexity index is 473. The Kier molecular flexibility index (Phi) is 2.40. The minimum absolute atomic E-state index is 0.283. The van der Waals surface area contributed by atoms with Crippen molar-refractivity contribution in [2.75, 3.05) is 19.9 Å². The van der Waals surface area contributed by atoms with Gasteiger partial charge in [0, 0.05) is 13.1 Å². The van der Waals surface area contributed by atoms with Gasteiger partial charge in [-0.3, -0.25) is 9.69 Å². The lowest BCUT2D eigenvalue weighted by molar-refractivity contribution is -0.119. The van der Waals surface area contributed by atoms with E-state index in [-0.39, 0.29) is 5.91 Å². The second kappa shape index (κ2) is 3.92. The highest BCUT2D eigenvalue weighted by Crippen LogP contribution is 2.36. The van der Waals surface area contributed by atoms with E-state index in [1.54, 1.807) is 0 Å². The molecule has 2 aliphatic rings. The van der Waals surface area contributed by atoms with Gasteiger partial charge in [0.25, 0.3) is 0 Å². The maximum Gasteiger partial charge on any atom is 0.231 e. The van der Waals surface area contributed by atoms with Crippen LogP contribution < -0.4 is 15.2 Å². The summed E-state index contributed by atoms with van der Waals surface area (Å²) in [5.74, 6) is 1.34. The molecule has 2 aliphatic heterocycles. The summed E-state index contributed by atoms with van der Waals surface area (Å²) >= 11 is 0. The number of nitrogens with zero attached hydrogens (tertiary/aromatic N) is 1. The van der Waals surface area contributed by atoms with Gasteiger partial charge in [0.2, 0.25) is 12.7 Å². The van der Waals surface area contributed by atoms with Gasteiger partial charge in [0.15, 0.2) is 11.5 Å². The molecule has 0 aromatic heterocycles. The molecule has 0 saturated heterocycles. The van der Waals surface area contributed by atoms with Crippen LogP contribution in [0.15, 0.2) is 12.1 Å². The third-order valence-corrected chi connectivity index (χ3v) is 3.17. The van der Waals surface area contributed by atoms with Gasteiger partial charge in [-0.1, -0.05) is 0 Å². The molecular weight excluding hydrogens is 220 g/mol. The van der Waals surface area contributed by atoms with Crippen LogP contribution in [-0.4, -0.2) is 30.7 Å². The number of primary amides is 1. The molecule has 1 amide bonds. The molecule has 2 N–H and O–H groups in total. The SMILES string of the molecule is NC(=O)CN1CCc2cc3c(cc2C1)OCO3. The van der Waals surface area contributed by atoms with Crippen LogP contribution in [0.1, 0.15) is 11.1 Å². The van der Waals surface area contributed by atoms with Crippen molar-refractivity contribution in [1.82, 2.24) is 4.90 Å². The summed E-state index contributed by atoms with van der Waals surface area (Å²) in [6.45, 7) is 2.21. The second-order valence-electron chi connectivity index (χ2n) is 4.40. The monoisotopic (exact) mass is 234 g/mol. The highest BCUT2D eigenvalue weighted by atomic mass is 16.7. The van der Waals surface area contributed by atoms with Crippen molar-refractivity contribution >= 4 is 5.91 Å². The van der Waals surface area contributed by atoms with Crippen LogP contribution in [0.3, 0.4) is 0 Å². The molecule has 0 fully saturated rings. The Hall–Kier alpha value is -1.75. The zero-order chi connectivity index (χ0) is 11.8. The molecule has 90 valence electrons. The highest BCUT2D eigenvalue weighted by molar-refractivity contribution is 5.76. The summed E-state index contributed by atoms with van der Waals surface area (Å²) in [5.41, 5.74) is 7.68. The predicted molar refractivity (Wildman–Crippen MR) is 60.7 cm³/mol. The predicted octanol–water partition coefficient (Wildman–Crippen LogP) is 0.259. The molecule has 1 aromatic rings. The first kappa shape index (κ1) is 10.4. The topological polar surface area (TPSA) is 64.8 Å². The lowest BCUT2D eigenvalue weighted by Crippen LogP contribution is -2.37. The van der Waals surface area contributed by atoms with E-state index in [1.807, 2.05) is 17.0 Å². The third-order valence-electron chi connectivity index (χ3n) is 3.17.